The van der Waals surface area contributed by atoms with Gasteiger partial charge >= 0.3 is 11.9 Å². The Morgan fingerprint density at radius 2 is 1.56 bits per heavy atom. The minimum absolute atomic E-state index is 0.00783. The van der Waals surface area contributed by atoms with E-state index < -0.39 is 29.8 Å². The lowest BCUT2D eigenvalue weighted by Gasteiger charge is -2.19. The van der Waals surface area contributed by atoms with Gasteiger partial charge in [0, 0.05) is 28.4 Å². The summed E-state index contributed by atoms with van der Waals surface area (Å²) in [4.78, 5) is 62.4. The number of amidine groups is 1. The van der Waals surface area contributed by atoms with Crippen LogP contribution in [-0.2, 0) is 16.1 Å². The second kappa shape index (κ2) is 17.6. The summed E-state index contributed by atoms with van der Waals surface area (Å²) >= 11 is 0. The first-order chi connectivity index (χ1) is 26.0. The molecule has 2 heterocycles. The summed E-state index contributed by atoms with van der Waals surface area (Å²) in [6.45, 7) is 5.71. The molecule has 5 aromatic rings. The third-order valence-electron chi connectivity index (χ3n) is 8.07. The minimum Gasteiger partial charge on any atom is -0.481 e. The molecular formula is C40H40N6O8. The monoisotopic (exact) mass is 732 g/mol. The molecule has 1 atom stereocenters. The number of esters is 2. The number of amides is 2. The number of aromatic nitrogens is 2. The summed E-state index contributed by atoms with van der Waals surface area (Å²) in [5, 5.41) is 13.3. The lowest BCUT2D eigenvalue weighted by molar-refractivity contribution is 0.0471. The van der Waals surface area contributed by atoms with Crippen molar-refractivity contribution in [1.82, 2.24) is 15.3 Å². The maximum atomic E-state index is 13.9. The number of carbonyl (C=O) groups excluding carboxylic acids is 4. The van der Waals surface area contributed by atoms with Crippen molar-refractivity contribution in [2.45, 2.75) is 39.8 Å². The van der Waals surface area contributed by atoms with E-state index in [2.05, 4.69) is 20.6 Å². The number of nitrogen functional groups attached to an aromatic ring is 1. The summed E-state index contributed by atoms with van der Waals surface area (Å²) in [5.41, 5.74) is 7.73. The van der Waals surface area contributed by atoms with Crippen molar-refractivity contribution >= 4 is 35.3 Å². The van der Waals surface area contributed by atoms with Crippen LogP contribution in [0.1, 0.15) is 91.9 Å². The fraction of sp³-hybridized carbons (Fsp3) is 0.225. The number of carbonyl (C=O) groups is 4. The second-order valence-corrected chi connectivity index (χ2v) is 12.5. The molecule has 0 saturated carbocycles. The van der Waals surface area contributed by atoms with Crippen LogP contribution in [-0.4, -0.2) is 53.3 Å². The Balaban J connectivity index is 1.52. The molecule has 0 bridgehead atoms. The molecule has 2 amide bonds. The van der Waals surface area contributed by atoms with E-state index in [-0.39, 0.29) is 70.4 Å². The van der Waals surface area contributed by atoms with Crippen LogP contribution < -0.4 is 21.1 Å². The predicted octanol–water partition coefficient (Wildman–Crippen LogP) is 6.33. The van der Waals surface area contributed by atoms with Gasteiger partial charge in [0.15, 0.2) is 5.69 Å². The largest absolute Gasteiger partial charge is 0.481 e. The number of oxazole rings is 1. The fourth-order valence-electron chi connectivity index (χ4n) is 5.44. The molecule has 0 aliphatic heterocycles. The Morgan fingerprint density at radius 3 is 2.22 bits per heavy atom. The Morgan fingerprint density at radius 1 is 0.852 bits per heavy atom. The second-order valence-electron chi connectivity index (χ2n) is 12.5. The topological polar surface area (TPSA) is 209 Å². The molecule has 0 unspecified atom stereocenters. The number of ether oxygens (including phenoxy) is 3. The lowest BCUT2D eigenvalue weighted by Crippen LogP contribution is -2.30. The fourth-order valence-corrected chi connectivity index (χ4v) is 5.44. The number of methoxy groups -OCH3 is 1. The first kappa shape index (κ1) is 38.4. The number of benzene rings is 3. The SMILES string of the molecule is CCOC(=O)c1coc([C@H](CC(C)C)NC(=O)c2ccc(-c3ccc(OC)nc3C(=O)Nc3ccc(C(=N)N)cc3)c(C(=O)OCc3ccccc3)c2)n1. The zero-order chi connectivity index (χ0) is 38.8. The highest BCUT2D eigenvalue weighted by Crippen LogP contribution is 2.31. The van der Waals surface area contributed by atoms with Gasteiger partial charge in [0.2, 0.25) is 11.8 Å². The van der Waals surface area contributed by atoms with Gasteiger partial charge in [-0.1, -0.05) is 50.2 Å². The summed E-state index contributed by atoms with van der Waals surface area (Å²) in [6, 6.07) is 22.3. The van der Waals surface area contributed by atoms with E-state index >= 15 is 0 Å². The highest BCUT2D eigenvalue weighted by molar-refractivity contribution is 6.10. The van der Waals surface area contributed by atoms with Crippen molar-refractivity contribution in [3.63, 3.8) is 0 Å². The van der Waals surface area contributed by atoms with Crippen molar-refractivity contribution in [3.05, 3.63) is 131 Å². The molecule has 0 fully saturated rings. The normalized spacial score (nSPS) is 11.4. The molecule has 278 valence electrons. The Labute approximate surface area is 311 Å². The molecule has 14 heteroatoms. The molecule has 0 aliphatic carbocycles. The van der Waals surface area contributed by atoms with Crippen molar-refractivity contribution < 1.29 is 37.8 Å². The van der Waals surface area contributed by atoms with E-state index in [4.69, 9.17) is 29.8 Å². The summed E-state index contributed by atoms with van der Waals surface area (Å²) in [7, 11) is 1.41. The summed E-state index contributed by atoms with van der Waals surface area (Å²) < 4.78 is 21.6. The van der Waals surface area contributed by atoms with Crippen molar-refractivity contribution in [2.75, 3.05) is 19.0 Å². The quantitative estimate of drug-likeness (QED) is 0.0531. The zero-order valence-corrected chi connectivity index (χ0v) is 30.2. The lowest BCUT2D eigenvalue weighted by atomic mass is 9.95. The van der Waals surface area contributed by atoms with Gasteiger partial charge < -0.3 is 35.0 Å². The smallest absolute Gasteiger partial charge is 0.360 e. The first-order valence-corrected chi connectivity index (χ1v) is 17.1. The van der Waals surface area contributed by atoms with Gasteiger partial charge in [0.25, 0.3) is 11.8 Å². The van der Waals surface area contributed by atoms with Crippen LogP contribution in [0.15, 0.2) is 95.6 Å². The van der Waals surface area contributed by atoms with E-state index in [0.717, 1.165) is 5.56 Å². The van der Waals surface area contributed by atoms with Crippen LogP contribution in [0.4, 0.5) is 5.69 Å². The molecule has 3 aromatic carbocycles. The summed E-state index contributed by atoms with van der Waals surface area (Å²) in [6.07, 6.45) is 1.60. The summed E-state index contributed by atoms with van der Waals surface area (Å²) in [5.74, 6) is -2.33. The van der Waals surface area contributed by atoms with Gasteiger partial charge in [0.1, 0.15) is 30.4 Å². The number of nitrogens with one attached hydrogen (secondary N) is 3. The van der Waals surface area contributed by atoms with Crippen LogP contribution in [0.3, 0.4) is 0 Å². The van der Waals surface area contributed by atoms with E-state index in [1.807, 2.05) is 44.2 Å². The van der Waals surface area contributed by atoms with Crippen molar-refractivity contribution in [3.8, 4) is 17.0 Å². The number of hydrogen-bond donors (Lipinski definition) is 4. The number of anilines is 1. The van der Waals surface area contributed by atoms with Crippen molar-refractivity contribution in [2.24, 2.45) is 11.7 Å². The molecule has 2 aromatic heterocycles. The maximum Gasteiger partial charge on any atom is 0.360 e. The van der Waals surface area contributed by atoms with E-state index in [9.17, 15) is 19.2 Å². The van der Waals surface area contributed by atoms with Gasteiger partial charge in [-0.3, -0.25) is 15.0 Å². The van der Waals surface area contributed by atoms with E-state index in [1.165, 1.54) is 31.6 Å². The molecule has 14 nitrogen and oxygen atoms in total. The van der Waals surface area contributed by atoms with E-state index in [0.29, 0.717) is 17.7 Å². The van der Waals surface area contributed by atoms with E-state index in [1.54, 1.807) is 43.3 Å². The Bertz CT molecular complexity index is 2150. The number of nitrogens with two attached hydrogens (primary N) is 1. The van der Waals surface area contributed by atoms with Gasteiger partial charge in [-0.15, -0.1) is 0 Å². The molecule has 0 aliphatic rings. The predicted molar refractivity (Wildman–Crippen MR) is 199 cm³/mol. The molecule has 54 heavy (non-hydrogen) atoms. The van der Waals surface area contributed by atoms with Crippen molar-refractivity contribution in [1.29, 1.82) is 5.41 Å². The highest BCUT2D eigenvalue weighted by atomic mass is 16.5. The average molecular weight is 733 g/mol. The maximum absolute atomic E-state index is 13.9. The molecular weight excluding hydrogens is 692 g/mol. The Kier molecular flexibility index (Phi) is 12.5. The van der Waals surface area contributed by atoms with Crippen LogP contribution in [0.2, 0.25) is 0 Å². The molecule has 5 N–H and O–H groups in total. The van der Waals surface area contributed by atoms with Gasteiger partial charge in [-0.05, 0) is 72.9 Å². The number of rotatable bonds is 15. The zero-order valence-electron chi connectivity index (χ0n) is 30.2. The van der Waals surface area contributed by atoms with Crippen LogP contribution in [0, 0.1) is 11.3 Å². The first-order valence-electron chi connectivity index (χ1n) is 17.1. The van der Waals surface area contributed by atoms with Crippen LogP contribution >= 0.6 is 0 Å². The number of hydrogen-bond acceptors (Lipinski definition) is 11. The van der Waals surface area contributed by atoms with Crippen LogP contribution in [0.5, 0.6) is 5.88 Å². The minimum atomic E-state index is -0.754. The van der Waals surface area contributed by atoms with Gasteiger partial charge in [0.05, 0.1) is 19.3 Å². The number of pyridine rings is 1. The molecule has 5 rings (SSSR count). The molecule has 0 radical (unpaired) electrons. The van der Waals surface area contributed by atoms with Gasteiger partial charge in [-0.2, -0.15) is 0 Å². The average Bonchev–Trinajstić information content (AvgIpc) is 3.67. The molecule has 0 spiro atoms. The third kappa shape index (κ3) is 9.53. The van der Waals surface area contributed by atoms with Gasteiger partial charge in [-0.25, -0.2) is 19.6 Å². The number of nitrogens with zero attached hydrogens (tertiary/aromatic N) is 2. The standard InChI is InChI=1S/C40H40N6O8/c1-5-52-40(50)32-22-53-38(45-32)31(19-23(2)3)44-36(47)26-13-16-28(30(20-26)39(49)54-21-24-9-7-6-8-10-24)29-17-18-33(51-4)46-34(29)37(48)43-27-14-11-25(12-15-27)35(41)42/h6-18,20,22-23,31H,5,19,21H2,1-4H3,(H3,41,42)(H,43,48)(H,44,47)/t31-/m0/s1. The highest BCUT2D eigenvalue weighted by Gasteiger charge is 2.27. The third-order valence-corrected chi connectivity index (χ3v) is 8.07. The molecule has 0 saturated heterocycles. The Hall–Kier alpha value is -6.83. The van der Waals surface area contributed by atoms with Crippen LogP contribution in [0.25, 0.3) is 11.1 Å².